The molecule has 0 bridgehead atoms. The van der Waals surface area contributed by atoms with Crippen LogP contribution in [0.5, 0.6) is 5.75 Å². The molecule has 144 valence electrons. The molecule has 1 aromatic rings. The number of sulfone groups is 1. The molecule has 1 unspecified atom stereocenters. The summed E-state index contributed by atoms with van der Waals surface area (Å²) in [6, 6.07) is 2.32. The lowest BCUT2D eigenvalue weighted by atomic mass is 10.2. The molecule has 1 saturated heterocycles. The van der Waals surface area contributed by atoms with Gasteiger partial charge < -0.3 is 10.1 Å². The van der Waals surface area contributed by atoms with E-state index >= 15 is 0 Å². The molecule has 11 nitrogen and oxygen atoms in total. The third-order valence-electron chi connectivity index (χ3n) is 3.59. The zero-order valence-corrected chi connectivity index (χ0v) is 15.2. The van der Waals surface area contributed by atoms with Crippen molar-refractivity contribution < 1.29 is 35.5 Å². The fourth-order valence-electron chi connectivity index (χ4n) is 2.34. The number of nitrogens with one attached hydrogen (secondary N) is 1. The van der Waals surface area contributed by atoms with E-state index in [0.29, 0.717) is 0 Å². The van der Waals surface area contributed by atoms with Crippen LogP contribution in [0.25, 0.3) is 0 Å². The molecule has 0 aliphatic carbocycles. The van der Waals surface area contributed by atoms with Crippen molar-refractivity contribution >= 4 is 31.5 Å². The summed E-state index contributed by atoms with van der Waals surface area (Å²) in [5.74, 6) is -1.13. The average molecular weight is 408 g/mol. The highest BCUT2D eigenvalue weighted by Crippen LogP contribution is 2.30. The maximum absolute atomic E-state index is 11.8. The number of nitro groups is 1. The number of carbonyl (C=O) groups excluding carboxylic acids is 1. The van der Waals surface area contributed by atoms with E-state index in [2.05, 4.69) is 9.50 Å². The Morgan fingerprint density at radius 2 is 2.12 bits per heavy atom. The van der Waals surface area contributed by atoms with Gasteiger partial charge in [-0.25, -0.2) is 8.42 Å². The van der Waals surface area contributed by atoms with Crippen LogP contribution in [0.2, 0.25) is 0 Å². The van der Waals surface area contributed by atoms with Crippen LogP contribution in [0, 0.1) is 10.1 Å². The topological polar surface area (TPSA) is 159 Å². The Labute approximate surface area is 149 Å². The lowest BCUT2D eigenvalue weighted by Gasteiger charge is -2.12. The summed E-state index contributed by atoms with van der Waals surface area (Å²) in [6.07, 6.45) is 0.289. The van der Waals surface area contributed by atoms with E-state index in [-0.39, 0.29) is 23.7 Å². The fourth-order valence-corrected chi connectivity index (χ4v) is 4.69. The molecule has 26 heavy (non-hydrogen) atoms. The van der Waals surface area contributed by atoms with E-state index in [1.165, 1.54) is 0 Å². The standard InChI is InChI=1S/C13H16N2O9S2/c1-23-26(21,22)10-2-3-12(11(6-10)15(17)18)24-7-13(16)14-9-4-5-25(19,20)8-9/h2-3,6,9H,4-5,7-8H2,1H3,(H,14,16). The predicted molar refractivity (Wildman–Crippen MR) is 88.0 cm³/mol. The highest BCUT2D eigenvalue weighted by Gasteiger charge is 2.29. The predicted octanol–water partition coefficient (Wildman–Crippen LogP) is -0.388. The van der Waals surface area contributed by atoms with Crippen LogP contribution in [0.15, 0.2) is 23.1 Å². The lowest BCUT2D eigenvalue weighted by molar-refractivity contribution is -0.386. The minimum Gasteiger partial charge on any atom is -0.477 e. The summed E-state index contributed by atoms with van der Waals surface area (Å²) in [4.78, 5) is 21.6. The van der Waals surface area contributed by atoms with E-state index in [9.17, 15) is 31.7 Å². The number of carbonyl (C=O) groups is 1. The van der Waals surface area contributed by atoms with Gasteiger partial charge in [-0.2, -0.15) is 8.42 Å². The smallest absolute Gasteiger partial charge is 0.312 e. The maximum atomic E-state index is 11.8. The summed E-state index contributed by atoms with van der Waals surface area (Å²) in [5, 5.41) is 13.6. The molecule has 0 aromatic heterocycles. The first-order valence-corrected chi connectivity index (χ1v) is 10.5. The maximum Gasteiger partial charge on any atom is 0.312 e. The summed E-state index contributed by atoms with van der Waals surface area (Å²) in [6.45, 7) is -0.590. The average Bonchev–Trinajstić information content (AvgIpc) is 2.91. The molecule has 1 amide bonds. The second-order valence-corrected chi connectivity index (χ2v) is 9.41. The Balaban J connectivity index is 2.07. The zero-order valence-electron chi connectivity index (χ0n) is 13.6. The number of hydrogen-bond donors (Lipinski definition) is 1. The van der Waals surface area contributed by atoms with Crippen molar-refractivity contribution in [2.45, 2.75) is 17.4 Å². The number of amides is 1. The molecule has 1 aromatic carbocycles. The van der Waals surface area contributed by atoms with Crippen LogP contribution in [0.3, 0.4) is 0 Å². The number of benzene rings is 1. The van der Waals surface area contributed by atoms with Crippen molar-refractivity contribution in [1.29, 1.82) is 0 Å². The molecular weight excluding hydrogens is 392 g/mol. The number of rotatable bonds is 7. The normalized spacial score (nSPS) is 19.0. The Kier molecular flexibility index (Phi) is 5.83. The number of hydrogen-bond acceptors (Lipinski definition) is 9. The monoisotopic (exact) mass is 408 g/mol. The van der Waals surface area contributed by atoms with E-state index < -0.39 is 54.0 Å². The second kappa shape index (κ2) is 7.55. The number of nitrogens with zero attached hydrogens (tertiary/aromatic N) is 1. The van der Waals surface area contributed by atoms with Gasteiger partial charge >= 0.3 is 5.69 Å². The molecule has 0 radical (unpaired) electrons. The van der Waals surface area contributed by atoms with Crippen molar-refractivity contribution in [3.63, 3.8) is 0 Å². The summed E-state index contributed by atoms with van der Waals surface area (Å²) < 4.78 is 55.3. The van der Waals surface area contributed by atoms with Crippen LogP contribution in [-0.4, -0.2) is 58.9 Å². The highest BCUT2D eigenvalue weighted by atomic mass is 32.2. The van der Waals surface area contributed by atoms with E-state index in [0.717, 1.165) is 25.3 Å². The minimum atomic E-state index is -4.13. The van der Waals surface area contributed by atoms with Crippen LogP contribution in [0.1, 0.15) is 6.42 Å². The first kappa shape index (κ1) is 20.1. The third kappa shape index (κ3) is 4.89. The van der Waals surface area contributed by atoms with Crippen LogP contribution in [-0.2, 0) is 28.9 Å². The quantitative estimate of drug-likeness (QED) is 0.360. The molecule has 2 rings (SSSR count). The molecule has 1 N–H and O–H groups in total. The van der Waals surface area contributed by atoms with E-state index in [1.54, 1.807) is 0 Å². The van der Waals surface area contributed by atoms with Crippen molar-refractivity contribution in [2.75, 3.05) is 25.2 Å². The van der Waals surface area contributed by atoms with E-state index in [4.69, 9.17) is 4.74 Å². The Morgan fingerprint density at radius 3 is 2.65 bits per heavy atom. The van der Waals surface area contributed by atoms with E-state index in [1.807, 2.05) is 0 Å². The summed E-state index contributed by atoms with van der Waals surface area (Å²) in [5.41, 5.74) is -0.653. The van der Waals surface area contributed by atoms with Crippen molar-refractivity contribution in [3.8, 4) is 5.75 Å². The minimum absolute atomic E-state index is 0.0142. The van der Waals surface area contributed by atoms with Gasteiger partial charge in [0.2, 0.25) is 0 Å². The van der Waals surface area contributed by atoms with Gasteiger partial charge in [0, 0.05) is 12.1 Å². The highest BCUT2D eigenvalue weighted by molar-refractivity contribution is 7.91. The van der Waals surface area contributed by atoms with Gasteiger partial charge in [0.15, 0.2) is 22.2 Å². The first-order chi connectivity index (χ1) is 12.0. The molecule has 13 heteroatoms. The molecule has 1 fully saturated rings. The largest absolute Gasteiger partial charge is 0.477 e. The fraction of sp³-hybridized carbons (Fsp3) is 0.462. The number of nitro benzene ring substituents is 1. The molecule has 1 aliphatic rings. The Bertz CT molecular complexity index is 925. The zero-order chi connectivity index (χ0) is 19.5. The van der Waals surface area contributed by atoms with Gasteiger partial charge in [-0.05, 0) is 18.6 Å². The summed E-state index contributed by atoms with van der Waals surface area (Å²) in [7, 11) is -6.37. The first-order valence-electron chi connectivity index (χ1n) is 7.26. The molecule has 1 aliphatic heterocycles. The van der Waals surface area contributed by atoms with Crippen LogP contribution >= 0.6 is 0 Å². The Hall–Kier alpha value is -2.25. The van der Waals surface area contributed by atoms with Gasteiger partial charge in [-0.3, -0.25) is 19.1 Å². The van der Waals surface area contributed by atoms with Crippen LogP contribution < -0.4 is 10.1 Å². The van der Waals surface area contributed by atoms with Gasteiger partial charge in [0.1, 0.15) is 4.90 Å². The number of ether oxygens (including phenoxy) is 1. The molecule has 0 saturated carbocycles. The van der Waals surface area contributed by atoms with Crippen molar-refractivity contribution in [3.05, 3.63) is 28.3 Å². The van der Waals surface area contributed by atoms with Gasteiger partial charge in [0.05, 0.1) is 23.5 Å². The van der Waals surface area contributed by atoms with Crippen molar-refractivity contribution in [1.82, 2.24) is 5.32 Å². The van der Waals surface area contributed by atoms with Crippen LogP contribution in [0.4, 0.5) is 5.69 Å². The van der Waals surface area contributed by atoms with Gasteiger partial charge in [-0.1, -0.05) is 0 Å². The molecule has 1 heterocycles. The SMILES string of the molecule is COS(=O)(=O)c1ccc(OCC(=O)NC2CCS(=O)(=O)C2)c([N+](=O)[O-])c1. The van der Waals surface area contributed by atoms with Gasteiger partial charge in [0.25, 0.3) is 16.0 Å². The Morgan fingerprint density at radius 1 is 1.42 bits per heavy atom. The summed E-state index contributed by atoms with van der Waals surface area (Å²) >= 11 is 0. The van der Waals surface area contributed by atoms with Gasteiger partial charge in [-0.15, -0.1) is 0 Å². The molecular formula is C13H16N2O9S2. The lowest BCUT2D eigenvalue weighted by Crippen LogP contribution is -2.38. The third-order valence-corrected chi connectivity index (χ3v) is 6.63. The van der Waals surface area contributed by atoms with Crippen molar-refractivity contribution in [2.24, 2.45) is 0 Å². The molecule has 1 atom stereocenters. The molecule has 0 spiro atoms. The second-order valence-electron chi connectivity index (χ2n) is 5.46.